The molecule has 0 saturated carbocycles. The van der Waals surface area contributed by atoms with Crippen molar-refractivity contribution in [3.05, 3.63) is 101 Å². The summed E-state index contributed by atoms with van der Waals surface area (Å²) in [6, 6.07) is 19.2. The number of hydrogen-bond acceptors (Lipinski definition) is 6. The molecule has 6 nitrogen and oxygen atoms in total. The zero-order chi connectivity index (χ0) is 22.9. The maximum atomic E-state index is 14.7. The van der Waals surface area contributed by atoms with E-state index in [2.05, 4.69) is 15.2 Å². The fraction of sp³-hybridized carbons (Fsp3) is 0.0833. The molecule has 0 saturated heterocycles. The first kappa shape index (κ1) is 21.0. The van der Waals surface area contributed by atoms with Crippen LogP contribution in [0.2, 0.25) is 0 Å². The van der Waals surface area contributed by atoms with Crippen LogP contribution >= 0.6 is 11.8 Å². The first-order chi connectivity index (χ1) is 16.0. The molecule has 2 heterocycles. The van der Waals surface area contributed by atoms with Crippen molar-refractivity contribution in [2.45, 2.75) is 17.3 Å². The molecule has 2 aromatic heterocycles. The Morgan fingerprint density at radius 2 is 1.73 bits per heavy atom. The minimum Gasteiger partial charge on any atom is -0.419 e. The van der Waals surface area contributed by atoms with Gasteiger partial charge in [0.1, 0.15) is 11.6 Å². The molecule has 0 radical (unpaired) electrons. The highest BCUT2D eigenvalue weighted by molar-refractivity contribution is 7.99. The van der Waals surface area contributed by atoms with Gasteiger partial charge in [-0.1, -0.05) is 42.1 Å². The Labute approximate surface area is 190 Å². The molecule has 0 spiro atoms. The van der Waals surface area contributed by atoms with Gasteiger partial charge in [0.25, 0.3) is 5.56 Å². The van der Waals surface area contributed by atoms with Crippen molar-refractivity contribution < 1.29 is 13.2 Å². The van der Waals surface area contributed by atoms with Crippen LogP contribution in [0.15, 0.2) is 87.2 Å². The molecule has 164 valence electrons. The van der Waals surface area contributed by atoms with E-state index < -0.39 is 22.4 Å². The Morgan fingerprint density at radius 1 is 0.970 bits per heavy atom. The fourth-order valence-corrected chi connectivity index (χ4v) is 4.32. The van der Waals surface area contributed by atoms with Crippen molar-refractivity contribution in [3.63, 3.8) is 0 Å². The monoisotopic (exact) mass is 462 g/mol. The van der Waals surface area contributed by atoms with Gasteiger partial charge in [-0.25, -0.2) is 13.8 Å². The zero-order valence-corrected chi connectivity index (χ0v) is 18.1. The van der Waals surface area contributed by atoms with Crippen molar-refractivity contribution in [1.82, 2.24) is 19.7 Å². The first-order valence-corrected chi connectivity index (χ1v) is 10.9. The lowest BCUT2D eigenvalue weighted by molar-refractivity contribution is 0.508. The molecule has 33 heavy (non-hydrogen) atoms. The van der Waals surface area contributed by atoms with Crippen molar-refractivity contribution in [2.24, 2.45) is 0 Å². The topological polar surface area (TPSA) is 73.8 Å². The van der Waals surface area contributed by atoms with Crippen LogP contribution in [0.3, 0.4) is 0 Å². The van der Waals surface area contributed by atoms with Crippen LogP contribution in [-0.4, -0.2) is 19.7 Å². The second-order valence-electron chi connectivity index (χ2n) is 7.22. The summed E-state index contributed by atoms with van der Waals surface area (Å²) in [5.41, 5.74) is 0.690. The van der Waals surface area contributed by atoms with Gasteiger partial charge in [0.15, 0.2) is 5.16 Å². The highest BCUT2D eigenvalue weighted by atomic mass is 32.2. The van der Waals surface area contributed by atoms with Gasteiger partial charge in [-0.15, -0.1) is 10.2 Å². The number of nitrogens with zero attached hydrogens (tertiary/aromatic N) is 4. The Kier molecular flexibility index (Phi) is 5.47. The average Bonchev–Trinajstić information content (AvgIpc) is 3.32. The van der Waals surface area contributed by atoms with Crippen molar-refractivity contribution in [3.8, 4) is 17.1 Å². The average molecular weight is 462 g/mol. The molecule has 5 rings (SSSR count). The lowest BCUT2D eigenvalue weighted by atomic mass is 10.2. The maximum Gasteiger partial charge on any atom is 0.266 e. The van der Waals surface area contributed by atoms with Crippen molar-refractivity contribution >= 4 is 22.7 Å². The van der Waals surface area contributed by atoms with E-state index in [0.29, 0.717) is 22.7 Å². The van der Waals surface area contributed by atoms with Gasteiger partial charge in [0.05, 0.1) is 21.8 Å². The Bertz CT molecular complexity index is 1520. The molecule has 9 heteroatoms. The molecule has 0 aliphatic rings. The van der Waals surface area contributed by atoms with Crippen LogP contribution in [0.5, 0.6) is 0 Å². The summed E-state index contributed by atoms with van der Waals surface area (Å²) in [5, 5.41) is 8.36. The molecule has 0 N–H and O–H groups in total. The molecule has 0 fully saturated rings. The third kappa shape index (κ3) is 4.03. The minimum absolute atomic E-state index is 0.0927. The molecule has 3 aromatic carbocycles. The van der Waals surface area contributed by atoms with E-state index in [9.17, 15) is 13.6 Å². The smallest absolute Gasteiger partial charge is 0.266 e. The molecule has 1 atom stereocenters. The summed E-state index contributed by atoms with van der Waals surface area (Å²) in [4.78, 5) is 17.9. The third-order valence-electron chi connectivity index (χ3n) is 4.99. The molecule has 5 aromatic rings. The highest BCUT2D eigenvalue weighted by Crippen LogP contribution is 2.35. The molecular weight excluding hydrogens is 446 g/mol. The second kappa shape index (κ2) is 8.59. The van der Waals surface area contributed by atoms with Crippen molar-refractivity contribution in [2.75, 3.05) is 0 Å². The number of para-hydroxylation sites is 1. The van der Waals surface area contributed by atoms with Crippen LogP contribution in [-0.2, 0) is 0 Å². The number of rotatable bonds is 5. The van der Waals surface area contributed by atoms with Gasteiger partial charge in [-0.2, -0.15) is 0 Å². The quantitative estimate of drug-likeness (QED) is 0.251. The number of benzene rings is 3. The Morgan fingerprint density at radius 3 is 2.52 bits per heavy atom. The Hall–Kier alpha value is -3.85. The SMILES string of the molecule is CC(Sc1nc2ccccc2c(=O)n1-c1ccc(F)cc1F)c1nnc(-c2ccccc2)o1. The van der Waals surface area contributed by atoms with Gasteiger partial charge in [-0.05, 0) is 43.3 Å². The van der Waals surface area contributed by atoms with Gasteiger partial charge in [-0.3, -0.25) is 9.36 Å². The summed E-state index contributed by atoms with van der Waals surface area (Å²) in [7, 11) is 0. The number of thioether (sulfide) groups is 1. The maximum absolute atomic E-state index is 14.7. The summed E-state index contributed by atoms with van der Waals surface area (Å²) in [5.74, 6) is -0.911. The van der Waals surface area contributed by atoms with Crippen molar-refractivity contribution in [1.29, 1.82) is 0 Å². The van der Waals surface area contributed by atoms with E-state index in [1.54, 1.807) is 24.3 Å². The number of fused-ring (bicyclic) bond motifs is 1. The standard InChI is InChI=1S/C24H16F2N4O2S/c1-14(21-28-29-22(32-21)15-7-3-2-4-8-15)33-24-27-19-10-6-5-9-17(19)23(31)30(24)20-12-11-16(25)13-18(20)26/h2-14H,1H3. The largest absolute Gasteiger partial charge is 0.419 e. The molecular formula is C24H16F2N4O2S. The van der Waals surface area contributed by atoms with E-state index in [-0.39, 0.29) is 10.8 Å². The normalized spacial score (nSPS) is 12.2. The summed E-state index contributed by atoms with van der Waals surface area (Å²) >= 11 is 1.16. The fourth-order valence-electron chi connectivity index (χ4n) is 3.37. The number of halogens is 2. The zero-order valence-electron chi connectivity index (χ0n) is 17.3. The second-order valence-corrected chi connectivity index (χ2v) is 8.53. The molecule has 0 bridgehead atoms. The number of hydrogen-bond donors (Lipinski definition) is 0. The lowest BCUT2D eigenvalue weighted by Crippen LogP contribution is -2.23. The lowest BCUT2D eigenvalue weighted by Gasteiger charge is -2.15. The van der Waals surface area contributed by atoms with Crippen LogP contribution in [0, 0.1) is 11.6 Å². The summed E-state index contributed by atoms with van der Waals surface area (Å²) in [6.07, 6.45) is 0. The first-order valence-electron chi connectivity index (χ1n) is 10.0. The van der Waals surface area contributed by atoms with Crippen LogP contribution in [0.1, 0.15) is 18.1 Å². The Balaban J connectivity index is 1.59. The van der Waals surface area contributed by atoms with E-state index in [4.69, 9.17) is 4.42 Å². The highest BCUT2D eigenvalue weighted by Gasteiger charge is 2.22. The molecule has 1 unspecified atom stereocenters. The predicted octanol–water partition coefficient (Wildman–Crippen LogP) is 5.57. The van der Waals surface area contributed by atoms with E-state index in [1.165, 1.54) is 6.07 Å². The summed E-state index contributed by atoms with van der Waals surface area (Å²) in [6.45, 7) is 1.82. The minimum atomic E-state index is -0.868. The molecule has 0 aliphatic heterocycles. The van der Waals surface area contributed by atoms with E-state index in [1.807, 2.05) is 37.3 Å². The van der Waals surface area contributed by atoms with Gasteiger partial charge in [0.2, 0.25) is 11.8 Å². The number of aromatic nitrogens is 4. The predicted molar refractivity (Wildman–Crippen MR) is 121 cm³/mol. The van der Waals surface area contributed by atoms with E-state index >= 15 is 0 Å². The van der Waals surface area contributed by atoms with E-state index in [0.717, 1.165) is 34.0 Å². The summed E-state index contributed by atoms with van der Waals surface area (Å²) < 4.78 is 35.2. The van der Waals surface area contributed by atoms with Gasteiger partial charge >= 0.3 is 0 Å². The third-order valence-corrected chi connectivity index (χ3v) is 6.03. The van der Waals surface area contributed by atoms with Gasteiger partial charge in [0, 0.05) is 11.6 Å². The molecule has 0 amide bonds. The van der Waals surface area contributed by atoms with Gasteiger partial charge < -0.3 is 4.42 Å². The van der Waals surface area contributed by atoms with Crippen LogP contribution < -0.4 is 5.56 Å². The molecule has 0 aliphatic carbocycles. The van der Waals surface area contributed by atoms with Crippen LogP contribution in [0.25, 0.3) is 28.0 Å². The van der Waals surface area contributed by atoms with Crippen LogP contribution in [0.4, 0.5) is 8.78 Å².